The molecule has 1 atom stereocenters. The first-order valence-corrected chi connectivity index (χ1v) is 5.58. The van der Waals surface area contributed by atoms with Crippen LogP contribution in [0.1, 0.15) is 6.42 Å². The van der Waals surface area contributed by atoms with Crippen molar-refractivity contribution in [2.75, 3.05) is 37.9 Å². The van der Waals surface area contributed by atoms with Gasteiger partial charge in [0.1, 0.15) is 0 Å². The lowest BCUT2D eigenvalue weighted by Gasteiger charge is -2.10. The second-order valence-corrected chi connectivity index (χ2v) is 4.00. The first-order valence-electron chi connectivity index (χ1n) is 4.43. The van der Waals surface area contributed by atoms with Crippen molar-refractivity contribution in [1.29, 1.82) is 0 Å². The molecule has 3 nitrogen and oxygen atoms in total. The quantitative estimate of drug-likeness (QED) is 0.584. The predicted octanol–water partition coefficient (Wildman–Crippen LogP) is 0.0904. The van der Waals surface area contributed by atoms with Crippen molar-refractivity contribution in [1.82, 2.24) is 5.32 Å². The Morgan fingerprint density at radius 3 is 3.08 bits per heavy atom. The Kier molecular flexibility index (Phi) is 5.77. The van der Waals surface area contributed by atoms with E-state index in [4.69, 9.17) is 9.84 Å². The van der Waals surface area contributed by atoms with E-state index in [0.717, 1.165) is 6.54 Å². The minimum Gasteiger partial charge on any atom is -0.394 e. The maximum Gasteiger partial charge on any atom is 0.0698 e. The molecular formula is C8H17NO2S. The Bertz CT molecular complexity index is 107. The van der Waals surface area contributed by atoms with Crippen LogP contribution < -0.4 is 5.32 Å². The van der Waals surface area contributed by atoms with E-state index in [1.165, 1.54) is 17.9 Å². The van der Waals surface area contributed by atoms with Crippen molar-refractivity contribution < 1.29 is 9.84 Å². The second-order valence-electron chi connectivity index (χ2n) is 2.85. The summed E-state index contributed by atoms with van der Waals surface area (Å²) in [5.41, 5.74) is 0. The zero-order chi connectivity index (χ0) is 8.65. The third-order valence-electron chi connectivity index (χ3n) is 1.84. The van der Waals surface area contributed by atoms with Gasteiger partial charge in [0.25, 0.3) is 0 Å². The van der Waals surface area contributed by atoms with Gasteiger partial charge in [0.15, 0.2) is 0 Å². The standard InChI is InChI=1S/C8H17NO2S/c10-3-5-11-4-2-9-8-1-6-12-7-8/h8-10H,1-7H2/t8-/m0/s1. The summed E-state index contributed by atoms with van der Waals surface area (Å²) in [6.45, 7) is 2.20. The zero-order valence-corrected chi connectivity index (χ0v) is 8.11. The fraction of sp³-hybridized carbons (Fsp3) is 1.00. The summed E-state index contributed by atoms with van der Waals surface area (Å²) < 4.78 is 5.12. The topological polar surface area (TPSA) is 41.5 Å². The summed E-state index contributed by atoms with van der Waals surface area (Å²) in [5.74, 6) is 2.52. The summed E-state index contributed by atoms with van der Waals surface area (Å²) in [4.78, 5) is 0. The number of ether oxygens (including phenoxy) is 1. The molecule has 1 saturated heterocycles. The van der Waals surface area contributed by atoms with Gasteiger partial charge < -0.3 is 15.2 Å². The van der Waals surface area contributed by atoms with Crippen molar-refractivity contribution in [3.05, 3.63) is 0 Å². The molecule has 12 heavy (non-hydrogen) atoms. The molecule has 4 heteroatoms. The highest BCUT2D eigenvalue weighted by Gasteiger charge is 2.13. The molecule has 2 N–H and O–H groups in total. The summed E-state index contributed by atoms with van der Waals surface area (Å²) in [7, 11) is 0. The highest BCUT2D eigenvalue weighted by atomic mass is 32.2. The molecule has 0 aromatic heterocycles. The number of nitrogens with one attached hydrogen (secondary N) is 1. The van der Waals surface area contributed by atoms with Crippen LogP contribution in [-0.2, 0) is 4.74 Å². The van der Waals surface area contributed by atoms with E-state index in [2.05, 4.69) is 5.32 Å². The van der Waals surface area contributed by atoms with Gasteiger partial charge in [-0.15, -0.1) is 0 Å². The van der Waals surface area contributed by atoms with E-state index >= 15 is 0 Å². The molecule has 1 aliphatic heterocycles. The van der Waals surface area contributed by atoms with Gasteiger partial charge in [-0.3, -0.25) is 0 Å². The van der Waals surface area contributed by atoms with Crippen LogP contribution in [0.25, 0.3) is 0 Å². The van der Waals surface area contributed by atoms with E-state index in [1.807, 2.05) is 11.8 Å². The number of aliphatic hydroxyl groups is 1. The Balaban J connectivity index is 1.81. The molecule has 0 spiro atoms. The van der Waals surface area contributed by atoms with Crippen molar-refractivity contribution in [3.63, 3.8) is 0 Å². The van der Waals surface area contributed by atoms with Gasteiger partial charge in [0.05, 0.1) is 19.8 Å². The average molecular weight is 191 g/mol. The lowest BCUT2D eigenvalue weighted by atomic mass is 10.3. The third kappa shape index (κ3) is 4.30. The lowest BCUT2D eigenvalue weighted by molar-refractivity contribution is 0.0929. The van der Waals surface area contributed by atoms with Crippen molar-refractivity contribution in [2.45, 2.75) is 12.5 Å². The Hall–Kier alpha value is 0.230. The third-order valence-corrected chi connectivity index (χ3v) is 3.01. The van der Waals surface area contributed by atoms with E-state index < -0.39 is 0 Å². The Morgan fingerprint density at radius 1 is 1.50 bits per heavy atom. The number of thioether (sulfide) groups is 1. The van der Waals surface area contributed by atoms with Crippen molar-refractivity contribution in [2.24, 2.45) is 0 Å². The van der Waals surface area contributed by atoms with Crippen molar-refractivity contribution in [3.8, 4) is 0 Å². The Morgan fingerprint density at radius 2 is 2.42 bits per heavy atom. The van der Waals surface area contributed by atoms with Crippen LogP contribution in [0, 0.1) is 0 Å². The summed E-state index contributed by atoms with van der Waals surface area (Å²) in [6.07, 6.45) is 1.28. The lowest BCUT2D eigenvalue weighted by Crippen LogP contribution is -2.31. The highest BCUT2D eigenvalue weighted by molar-refractivity contribution is 7.99. The monoisotopic (exact) mass is 191 g/mol. The molecule has 0 aromatic carbocycles. The van der Waals surface area contributed by atoms with Crippen LogP contribution in [0.2, 0.25) is 0 Å². The number of rotatable bonds is 6. The molecule has 0 bridgehead atoms. The maximum absolute atomic E-state index is 8.43. The molecule has 1 fully saturated rings. The smallest absolute Gasteiger partial charge is 0.0698 e. The molecule has 0 radical (unpaired) electrons. The predicted molar refractivity (Wildman–Crippen MR) is 51.6 cm³/mol. The largest absolute Gasteiger partial charge is 0.394 e. The Labute approximate surface area is 77.9 Å². The number of hydrogen-bond acceptors (Lipinski definition) is 4. The summed E-state index contributed by atoms with van der Waals surface area (Å²) >= 11 is 2.01. The molecule has 0 amide bonds. The van der Waals surface area contributed by atoms with E-state index in [1.54, 1.807) is 0 Å². The van der Waals surface area contributed by atoms with Gasteiger partial charge in [-0.1, -0.05) is 0 Å². The van der Waals surface area contributed by atoms with Crippen LogP contribution in [0.15, 0.2) is 0 Å². The SMILES string of the molecule is OCCOCCN[C@H]1CCSC1. The fourth-order valence-electron chi connectivity index (χ4n) is 1.20. The molecular weight excluding hydrogens is 174 g/mol. The maximum atomic E-state index is 8.43. The first-order chi connectivity index (χ1) is 5.93. The average Bonchev–Trinajstić information content (AvgIpc) is 2.57. The van der Waals surface area contributed by atoms with Gasteiger partial charge >= 0.3 is 0 Å². The highest BCUT2D eigenvalue weighted by Crippen LogP contribution is 2.16. The minimum absolute atomic E-state index is 0.124. The van der Waals surface area contributed by atoms with E-state index in [-0.39, 0.29) is 6.61 Å². The molecule has 1 rings (SSSR count). The zero-order valence-electron chi connectivity index (χ0n) is 7.29. The van der Waals surface area contributed by atoms with Gasteiger partial charge in [-0.2, -0.15) is 11.8 Å². The fourth-order valence-corrected chi connectivity index (χ4v) is 2.38. The molecule has 1 heterocycles. The number of aliphatic hydroxyl groups excluding tert-OH is 1. The molecule has 72 valence electrons. The summed E-state index contributed by atoms with van der Waals surface area (Å²) in [5, 5.41) is 11.8. The van der Waals surface area contributed by atoms with Crippen molar-refractivity contribution >= 4 is 11.8 Å². The second kappa shape index (κ2) is 6.71. The van der Waals surface area contributed by atoms with Gasteiger partial charge in [0, 0.05) is 18.3 Å². The minimum atomic E-state index is 0.124. The molecule has 0 saturated carbocycles. The van der Waals surface area contributed by atoms with Crippen LogP contribution in [0.3, 0.4) is 0 Å². The number of hydrogen-bond donors (Lipinski definition) is 2. The molecule has 1 aliphatic rings. The normalized spacial score (nSPS) is 23.2. The van der Waals surface area contributed by atoms with Gasteiger partial charge in [-0.25, -0.2) is 0 Å². The van der Waals surface area contributed by atoms with Crippen LogP contribution in [0.4, 0.5) is 0 Å². The van der Waals surface area contributed by atoms with E-state index in [9.17, 15) is 0 Å². The summed E-state index contributed by atoms with van der Waals surface area (Å²) in [6, 6.07) is 0.688. The van der Waals surface area contributed by atoms with Crippen LogP contribution in [0.5, 0.6) is 0 Å². The van der Waals surface area contributed by atoms with Crippen LogP contribution in [-0.4, -0.2) is 49.0 Å². The molecule has 0 unspecified atom stereocenters. The van der Waals surface area contributed by atoms with E-state index in [0.29, 0.717) is 19.3 Å². The van der Waals surface area contributed by atoms with Crippen LogP contribution >= 0.6 is 11.8 Å². The molecule has 0 aliphatic carbocycles. The van der Waals surface area contributed by atoms with Gasteiger partial charge in [0.2, 0.25) is 0 Å². The first kappa shape index (κ1) is 10.3. The van der Waals surface area contributed by atoms with Gasteiger partial charge in [-0.05, 0) is 12.2 Å². The molecule has 0 aromatic rings.